The van der Waals surface area contributed by atoms with Crippen molar-refractivity contribution in [1.82, 2.24) is 4.57 Å². The first kappa shape index (κ1) is 14.0. The van der Waals surface area contributed by atoms with E-state index in [0.717, 1.165) is 23.7 Å². The van der Waals surface area contributed by atoms with Gasteiger partial charge < -0.3 is 9.30 Å². The number of halogens is 1. The van der Waals surface area contributed by atoms with E-state index in [2.05, 4.69) is 26.0 Å². The van der Waals surface area contributed by atoms with Gasteiger partial charge in [-0.1, -0.05) is 11.5 Å². The molecular formula is C12H15BrN4O2. The van der Waals surface area contributed by atoms with E-state index in [1.807, 2.05) is 10.8 Å². The molecular weight excluding hydrogens is 312 g/mol. The van der Waals surface area contributed by atoms with Gasteiger partial charge in [-0.2, -0.15) is 0 Å². The van der Waals surface area contributed by atoms with Crippen LogP contribution in [0.25, 0.3) is 10.4 Å². The van der Waals surface area contributed by atoms with Gasteiger partial charge in [0.2, 0.25) is 0 Å². The maximum Gasteiger partial charge on any atom is 0.354 e. The second-order valence-electron chi connectivity index (χ2n) is 4.91. The van der Waals surface area contributed by atoms with Gasteiger partial charge in [0.1, 0.15) is 5.69 Å². The first-order valence-electron chi connectivity index (χ1n) is 6.05. The van der Waals surface area contributed by atoms with Crippen molar-refractivity contribution in [2.45, 2.75) is 25.8 Å². The van der Waals surface area contributed by atoms with Crippen LogP contribution in [0.2, 0.25) is 0 Å². The van der Waals surface area contributed by atoms with Gasteiger partial charge in [0, 0.05) is 28.7 Å². The second kappa shape index (κ2) is 5.67. The van der Waals surface area contributed by atoms with Gasteiger partial charge in [-0.3, -0.25) is 0 Å². The van der Waals surface area contributed by atoms with Crippen LogP contribution in [0.15, 0.2) is 21.9 Å². The molecule has 0 aromatic carbocycles. The van der Waals surface area contributed by atoms with E-state index in [-0.39, 0.29) is 11.4 Å². The maximum atomic E-state index is 11.7. The molecule has 7 heteroatoms. The molecule has 0 spiro atoms. The van der Waals surface area contributed by atoms with Crippen LogP contribution in [-0.4, -0.2) is 24.2 Å². The summed E-state index contributed by atoms with van der Waals surface area (Å²) in [6, 6.07) is 1.74. The van der Waals surface area contributed by atoms with Gasteiger partial charge in [0.25, 0.3) is 0 Å². The lowest BCUT2D eigenvalue weighted by Gasteiger charge is -2.41. The van der Waals surface area contributed by atoms with E-state index < -0.39 is 0 Å². The Bertz CT molecular complexity index is 530. The van der Waals surface area contributed by atoms with Crippen LogP contribution in [0, 0.1) is 5.41 Å². The third-order valence-corrected chi connectivity index (χ3v) is 4.08. The predicted octanol–water partition coefficient (Wildman–Crippen LogP) is 3.52. The molecule has 1 heterocycles. The van der Waals surface area contributed by atoms with Crippen molar-refractivity contribution >= 4 is 21.9 Å². The summed E-state index contributed by atoms with van der Waals surface area (Å²) in [6.07, 6.45) is 5.03. The molecule has 0 N–H and O–H groups in total. The fraction of sp³-hybridized carbons (Fsp3) is 0.583. The molecule has 0 bridgehead atoms. The molecule has 1 aliphatic rings. The minimum absolute atomic E-state index is 0.0204. The SMILES string of the molecule is COC(=O)c1cc(Br)cn1CC1(CN=[N+]=[N-])CCC1. The molecule has 0 radical (unpaired) electrons. The van der Waals surface area contributed by atoms with E-state index in [4.69, 9.17) is 10.3 Å². The average Bonchev–Trinajstić information content (AvgIpc) is 2.72. The van der Waals surface area contributed by atoms with Crippen molar-refractivity contribution in [3.8, 4) is 0 Å². The summed E-state index contributed by atoms with van der Waals surface area (Å²) in [5.41, 5.74) is 8.97. The normalized spacial score (nSPS) is 16.3. The first-order valence-corrected chi connectivity index (χ1v) is 6.84. The van der Waals surface area contributed by atoms with Crippen LogP contribution in [0.5, 0.6) is 0 Å². The Morgan fingerprint density at radius 2 is 2.42 bits per heavy atom. The molecule has 1 aromatic rings. The number of ether oxygens (including phenoxy) is 1. The third kappa shape index (κ3) is 2.93. The van der Waals surface area contributed by atoms with Crippen LogP contribution >= 0.6 is 15.9 Å². The third-order valence-electron chi connectivity index (χ3n) is 3.65. The van der Waals surface area contributed by atoms with Crippen molar-refractivity contribution < 1.29 is 9.53 Å². The van der Waals surface area contributed by atoms with Gasteiger partial charge in [-0.25, -0.2) is 4.79 Å². The van der Waals surface area contributed by atoms with Crippen LogP contribution < -0.4 is 0 Å². The largest absolute Gasteiger partial charge is 0.464 e. The number of carbonyl (C=O) groups is 1. The Labute approximate surface area is 119 Å². The van der Waals surface area contributed by atoms with Crippen molar-refractivity contribution in [3.05, 3.63) is 32.9 Å². The number of methoxy groups -OCH3 is 1. The highest BCUT2D eigenvalue weighted by molar-refractivity contribution is 9.10. The number of carbonyl (C=O) groups excluding carboxylic acids is 1. The molecule has 102 valence electrons. The van der Waals surface area contributed by atoms with Crippen molar-refractivity contribution in [1.29, 1.82) is 0 Å². The minimum Gasteiger partial charge on any atom is -0.464 e. The summed E-state index contributed by atoms with van der Waals surface area (Å²) >= 11 is 3.37. The van der Waals surface area contributed by atoms with E-state index in [1.54, 1.807) is 6.07 Å². The molecule has 0 amide bonds. The Morgan fingerprint density at radius 1 is 1.68 bits per heavy atom. The van der Waals surface area contributed by atoms with Gasteiger partial charge >= 0.3 is 5.97 Å². The lowest BCUT2D eigenvalue weighted by molar-refractivity contribution is 0.0575. The standard InChI is InChI=1S/C12H15BrN4O2/c1-19-11(18)10-5-9(13)6-17(10)8-12(3-2-4-12)7-15-16-14/h5-6H,2-4,7-8H2,1H3. The molecule has 1 aliphatic carbocycles. The zero-order chi connectivity index (χ0) is 13.9. The quantitative estimate of drug-likeness (QED) is 0.359. The smallest absolute Gasteiger partial charge is 0.354 e. The van der Waals surface area contributed by atoms with E-state index in [0.29, 0.717) is 18.8 Å². The van der Waals surface area contributed by atoms with Gasteiger partial charge in [-0.05, 0) is 45.8 Å². The van der Waals surface area contributed by atoms with Crippen LogP contribution in [0.1, 0.15) is 29.8 Å². The monoisotopic (exact) mass is 326 g/mol. The number of hydrogen-bond donors (Lipinski definition) is 0. The average molecular weight is 327 g/mol. The van der Waals surface area contributed by atoms with Gasteiger partial charge in [0.05, 0.1) is 7.11 Å². The number of hydrogen-bond acceptors (Lipinski definition) is 3. The molecule has 0 aliphatic heterocycles. The second-order valence-corrected chi connectivity index (χ2v) is 5.82. The Morgan fingerprint density at radius 3 is 2.95 bits per heavy atom. The van der Waals surface area contributed by atoms with E-state index in [1.165, 1.54) is 7.11 Å². The number of esters is 1. The Hall–Kier alpha value is -1.46. The fourth-order valence-electron chi connectivity index (χ4n) is 2.47. The lowest BCUT2D eigenvalue weighted by Crippen LogP contribution is -2.37. The number of aromatic nitrogens is 1. The number of rotatable bonds is 5. The molecule has 2 rings (SSSR count). The highest BCUT2D eigenvalue weighted by Gasteiger charge is 2.37. The van der Waals surface area contributed by atoms with E-state index >= 15 is 0 Å². The van der Waals surface area contributed by atoms with Crippen molar-refractivity contribution in [2.24, 2.45) is 10.5 Å². The zero-order valence-electron chi connectivity index (χ0n) is 10.7. The summed E-state index contributed by atoms with van der Waals surface area (Å²) in [4.78, 5) is 14.5. The Balaban J connectivity index is 2.22. The highest BCUT2D eigenvalue weighted by Crippen LogP contribution is 2.43. The molecule has 1 aromatic heterocycles. The fourth-order valence-corrected chi connectivity index (χ4v) is 2.93. The van der Waals surface area contributed by atoms with Gasteiger partial charge in [0.15, 0.2) is 0 Å². The van der Waals surface area contributed by atoms with Gasteiger partial charge in [-0.15, -0.1) is 0 Å². The van der Waals surface area contributed by atoms with E-state index in [9.17, 15) is 4.79 Å². The number of azide groups is 1. The molecule has 19 heavy (non-hydrogen) atoms. The maximum absolute atomic E-state index is 11.7. The summed E-state index contributed by atoms with van der Waals surface area (Å²) in [6.45, 7) is 1.14. The van der Waals surface area contributed by atoms with Crippen molar-refractivity contribution in [2.75, 3.05) is 13.7 Å². The molecule has 0 unspecified atom stereocenters. The summed E-state index contributed by atoms with van der Waals surface area (Å²) in [5.74, 6) is -0.357. The molecule has 0 atom stereocenters. The first-order chi connectivity index (χ1) is 9.10. The molecule has 1 fully saturated rings. The molecule has 1 saturated carbocycles. The summed E-state index contributed by atoms with van der Waals surface area (Å²) < 4.78 is 7.49. The summed E-state index contributed by atoms with van der Waals surface area (Å²) in [7, 11) is 1.37. The van der Waals surface area contributed by atoms with Crippen LogP contribution in [0.4, 0.5) is 0 Å². The lowest BCUT2D eigenvalue weighted by atomic mass is 9.68. The van der Waals surface area contributed by atoms with Crippen molar-refractivity contribution in [3.63, 3.8) is 0 Å². The highest BCUT2D eigenvalue weighted by atomic mass is 79.9. The Kier molecular flexibility index (Phi) is 4.17. The minimum atomic E-state index is -0.357. The summed E-state index contributed by atoms with van der Waals surface area (Å²) in [5, 5.41) is 3.70. The molecule has 0 saturated heterocycles. The topological polar surface area (TPSA) is 80.0 Å². The van der Waals surface area contributed by atoms with Crippen LogP contribution in [0.3, 0.4) is 0 Å². The molecule has 6 nitrogen and oxygen atoms in total. The number of nitrogens with zero attached hydrogens (tertiary/aromatic N) is 4. The predicted molar refractivity (Wildman–Crippen MR) is 73.8 cm³/mol. The van der Waals surface area contributed by atoms with Crippen LogP contribution in [-0.2, 0) is 11.3 Å². The zero-order valence-corrected chi connectivity index (χ0v) is 12.3.